The van der Waals surface area contributed by atoms with Crippen molar-refractivity contribution in [2.75, 3.05) is 11.9 Å². The molecule has 2 heterocycles. The van der Waals surface area contributed by atoms with E-state index in [4.69, 9.17) is 4.74 Å². The van der Waals surface area contributed by atoms with Crippen LogP contribution < -0.4 is 5.32 Å². The van der Waals surface area contributed by atoms with Crippen molar-refractivity contribution in [2.24, 2.45) is 7.05 Å². The summed E-state index contributed by atoms with van der Waals surface area (Å²) in [6.07, 6.45) is 3.71. The topological polar surface area (TPSA) is 56.2 Å². The highest BCUT2D eigenvalue weighted by atomic mass is 16.5. The van der Waals surface area contributed by atoms with E-state index < -0.39 is 0 Å². The van der Waals surface area contributed by atoms with Gasteiger partial charge < -0.3 is 10.1 Å². The molecule has 0 spiro atoms. The molecule has 5 heteroatoms. The van der Waals surface area contributed by atoms with Gasteiger partial charge in [0.25, 0.3) is 0 Å². The summed E-state index contributed by atoms with van der Waals surface area (Å²) >= 11 is 0. The summed E-state index contributed by atoms with van der Waals surface area (Å²) in [5.41, 5.74) is 4.10. The molecule has 1 aromatic carbocycles. The van der Waals surface area contributed by atoms with Crippen LogP contribution in [0.4, 0.5) is 5.69 Å². The Balaban J connectivity index is 1.70. The van der Waals surface area contributed by atoms with E-state index in [0.29, 0.717) is 13.0 Å². The molecule has 1 atom stereocenters. The highest BCUT2D eigenvalue weighted by molar-refractivity contribution is 5.91. The van der Waals surface area contributed by atoms with Gasteiger partial charge in [-0.2, -0.15) is 5.10 Å². The number of aromatic nitrogens is 2. The molecule has 0 saturated carbocycles. The number of carbonyl (C=O) groups excluding carboxylic acids is 1. The van der Waals surface area contributed by atoms with Gasteiger partial charge in [-0.25, -0.2) is 0 Å². The van der Waals surface area contributed by atoms with Crippen molar-refractivity contribution in [3.63, 3.8) is 0 Å². The lowest BCUT2D eigenvalue weighted by molar-refractivity contribution is -0.119. The van der Waals surface area contributed by atoms with E-state index >= 15 is 0 Å². The Morgan fingerprint density at radius 2 is 2.27 bits per heavy atom. The van der Waals surface area contributed by atoms with Crippen LogP contribution in [0.25, 0.3) is 0 Å². The Morgan fingerprint density at radius 1 is 1.45 bits per heavy atom. The smallest absolute Gasteiger partial charge is 0.227 e. The molecule has 0 fully saturated rings. The molecule has 0 aliphatic carbocycles. The second kappa shape index (κ2) is 6.32. The highest BCUT2D eigenvalue weighted by Crippen LogP contribution is 2.29. The SMILES string of the molecule is CCc1nn(C)cc1NC(=O)CC1OCCc2ccccc21. The molecule has 1 amide bonds. The Labute approximate surface area is 130 Å². The van der Waals surface area contributed by atoms with Crippen LogP contribution in [0.15, 0.2) is 30.5 Å². The molecular formula is C17H21N3O2. The molecule has 0 radical (unpaired) electrons. The number of nitrogens with one attached hydrogen (secondary N) is 1. The quantitative estimate of drug-likeness (QED) is 0.944. The number of anilines is 1. The Hall–Kier alpha value is -2.14. The van der Waals surface area contributed by atoms with Gasteiger partial charge in [0.2, 0.25) is 5.91 Å². The third-order valence-electron chi connectivity index (χ3n) is 3.98. The van der Waals surface area contributed by atoms with Gasteiger partial charge in [-0.3, -0.25) is 9.48 Å². The van der Waals surface area contributed by atoms with Crippen molar-refractivity contribution < 1.29 is 9.53 Å². The summed E-state index contributed by atoms with van der Waals surface area (Å²) in [5.74, 6) is -0.0376. The molecule has 1 aliphatic heterocycles. The van der Waals surface area contributed by atoms with Gasteiger partial charge in [-0.05, 0) is 24.0 Å². The molecule has 2 aromatic rings. The van der Waals surface area contributed by atoms with Crippen LogP contribution in [-0.2, 0) is 29.4 Å². The van der Waals surface area contributed by atoms with Crippen molar-refractivity contribution >= 4 is 11.6 Å². The number of benzene rings is 1. The first-order chi connectivity index (χ1) is 10.7. The van der Waals surface area contributed by atoms with Gasteiger partial charge in [-0.1, -0.05) is 31.2 Å². The molecule has 22 heavy (non-hydrogen) atoms. The first-order valence-corrected chi connectivity index (χ1v) is 7.69. The largest absolute Gasteiger partial charge is 0.373 e. The maximum atomic E-state index is 12.3. The Kier molecular flexibility index (Phi) is 4.24. The van der Waals surface area contributed by atoms with E-state index in [2.05, 4.69) is 16.5 Å². The van der Waals surface area contributed by atoms with Crippen molar-refractivity contribution in [3.05, 3.63) is 47.3 Å². The van der Waals surface area contributed by atoms with Gasteiger partial charge in [-0.15, -0.1) is 0 Å². The van der Waals surface area contributed by atoms with Crippen molar-refractivity contribution in [3.8, 4) is 0 Å². The van der Waals surface area contributed by atoms with Gasteiger partial charge in [0.15, 0.2) is 0 Å². The van der Waals surface area contributed by atoms with Crippen LogP contribution in [0.3, 0.4) is 0 Å². The van der Waals surface area contributed by atoms with Crippen molar-refractivity contribution in [1.82, 2.24) is 9.78 Å². The lowest BCUT2D eigenvalue weighted by Crippen LogP contribution is -2.22. The first-order valence-electron chi connectivity index (χ1n) is 7.69. The normalized spacial score (nSPS) is 17.1. The molecule has 0 saturated heterocycles. The summed E-state index contributed by atoms with van der Waals surface area (Å²) in [6.45, 7) is 2.69. The number of fused-ring (bicyclic) bond motifs is 1. The molecule has 1 aromatic heterocycles. The van der Waals surface area contributed by atoms with E-state index in [1.807, 2.05) is 38.4 Å². The maximum absolute atomic E-state index is 12.3. The number of nitrogens with zero attached hydrogens (tertiary/aromatic N) is 2. The second-order valence-corrected chi connectivity index (χ2v) is 5.58. The summed E-state index contributed by atoms with van der Waals surface area (Å²) in [4.78, 5) is 12.3. The minimum atomic E-state index is -0.160. The first kappa shape index (κ1) is 14.8. The predicted octanol–water partition coefficient (Wildman–Crippen LogP) is 2.63. The van der Waals surface area contributed by atoms with Crippen LogP contribution in [0.5, 0.6) is 0 Å². The number of hydrogen-bond acceptors (Lipinski definition) is 3. The fourth-order valence-electron chi connectivity index (χ4n) is 2.92. The summed E-state index contributed by atoms with van der Waals surface area (Å²) in [5, 5.41) is 7.29. The lowest BCUT2D eigenvalue weighted by Gasteiger charge is -2.25. The fraction of sp³-hybridized carbons (Fsp3) is 0.412. The molecule has 5 nitrogen and oxygen atoms in total. The third kappa shape index (κ3) is 3.04. The molecule has 1 N–H and O–H groups in total. The van der Waals surface area contributed by atoms with E-state index in [-0.39, 0.29) is 12.0 Å². The van der Waals surface area contributed by atoms with Crippen LogP contribution in [0.1, 0.15) is 36.3 Å². The zero-order valence-corrected chi connectivity index (χ0v) is 13.0. The van der Waals surface area contributed by atoms with Crippen molar-refractivity contribution in [2.45, 2.75) is 32.3 Å². The zero-order valence-electron chi connectivity index (χ0n) is 13.0. The number of ether oxygens (including phenoxy) is 1. The lowest BCUT2D eigenvalue weighted by atomic mass is 9.95. The van der Waals surface area contributed by atoms with E-state index in [9.17, 15) is 4.79 Å². The summed E-state index contributed by atoms with van der Waals surface area (Å²) in [6, 6.07) is 8.19. The van der Waals surface area contributed by atoms with E-state index in [1.165, 1.54) is 5.56 Å². The van der Waals surface area contributed by atoms with Crippen LogP contribution in [0, 0.1) is 0 Å². The fourth-order valence-corrected chi connectivity index (χ4v) is 2.92. The summed E-state index contributed by atoms with van der Waals surface area (Å²) in [7, 11) is 1.86. The molecule has 1 aliphatic rings. The van der Waals surface area contributed by atoms with Gasteiger partial charge in [0, 0.05) is 13.2 Å². The summed E-state index contributed by atoms with van der Waals surface area (Å²) < 4.78 is 7.52. The standard InChI is InChI=1S/C17H21N3O2/c1-3-14-15(11-20(2)19-14)18-17(21)10-16-13-7-5-4-6-12(13)8-9-22-16/h4-7,11,16H,3,8-10H2,1-2H3,(H,18,21). The molecular weight excluding hydrogens is 278 g/mol. The van der Waals surface area contributed by atoms with E-state index in [1.54, 1.807) is 4.68 Å². The number of hydrogen-bond donors (Lipinski definition) is 1. The average Bonchev–Trinajstić information content (AvgIpc) is 2.87. The molecule has 0 bridgehead atoms. The zero-order chi connectivity index (χ0) is 15.5. The molecule has 1 unspecified atom stereocenters. The number of amides is 1. The molecule has 116 valence electrons. The number of carbonyl (C=O) groups is 1. The van der Waals surface area contributed by atoms with Crippen LogP contribution >= 0.6 is 0 Å². The third-order valence-corrected chi connectivity index (χ3v) is 3.98. The van der Waals surface area contributed by atoms with Crippen LogP contribution in [0.2, 0.25) is 0 Å². The van der Waals surface area contributed by atoms with Gasteiger partial charge in [0.1, 0.15) is 0 Å². The highest BCUT2D eigenvalue weighted by Gasteiger charge is 2.23. The minimum Gasteiger partial charge on any atom is -0.373 e. The monoisotopic (exact) mass is 299 g/mol. The van der Waals surface area contributed by atoms with Crippen molar-refractivity contribution in [1.29, 1.82) is 0 Å². The number of aryl methyl sites for hydroxylation is 2. The Morgan fingerprint density at radius 3 is 3.09 bits per heavy atom. The molecule has 3 rings (SSSR count). The minimum absolute atomic E-state index is 0.0376. The average molecular weight is 299 g/mol. The Bertz CT molecular complexity index is 678. The van der Waals surface area contributed by atoms with E-state index in [0.717, 1.165) is 29.8 Å². The second-order valence-electron chi connectivity index (χ2n) is 5.58. The predicted molar refractivity (Wildman–Crippen MR) is 84.7 cm³/mol. The van der Waals surface area contributed by atoms with Gasteiger partial charge >= 0.3 is 0 Å². The maximum Gasteiger partial charge on any atom is 0.227 e. The van der Waals surface area contributed by atoms with Crippen LogP contribution in [-0.4, -0.2) is 22.3 Å². The number of rotatable bonds is 4. The van der Waals surface area contributed by atoms with Gasteiger partial charge in [0.05, 0.1) is 30.5 Å².